The molecule has 1 aliphatic heterocycles. The second kappa shape index (κ2) is 6.51. The van der Waals surface area contributed by atoms with Gasteiger partial charge in [-0.15, -0.1) is 0 Å². The minimum absolute atomic E-state index is 0.0470. The first-order valence-electron chi connectivity index (χ1n) is 8.39. The normalized spacial score (nSPS) is 17.0. The van der Waals surface area contributed by atoms with Gasteiger partial charge < -0.3 is 9.64 Å². The number of hydrogen-bond donors (Lipinski definition) is 0. The smallest absolute Gasteiger partial charge is 0.274 e. The Bertz CT molecular complexity index is 908. The van der Waals surface area contributed by atoms with Crippen molar-refractivity contribution in [3.8, 4) is 5.75 Å². The van der Waals surface area contributed by atoms with Gasteiger partial charge in [0.25, 0.3) is 5.91 Å². The predicted octanol–water partition coefficient (Wildman–Crippen LogP) is 3.27. The predicted molar refractivity (Wildman–Crippen MR) is 95.8 cm³/mol. The molecule has 1 saturated heterocycles. The maximum atomic E-state index is 12.8. The van der Waals surface area contributed by atoms with Crippen LogP contribution in [0.5, 0.6) is 5.75 Å². The molecule has 2 aromatic carbocycles. The molecular weight excluding hydrogens is 314 g/mol. The number of fused-ring (bicyclic) bond motifs is 1. The zero-order chi connectivity index (χ0) is 17.2. The number of benzene rings is 2. The highest BCUT2D eigenvalue weighted by Crippen LogP contribution is 2.29. The van der Waals surface area contributed by atoms with E-state index in [4.69, 9.17) is 4.74 Å². The van der Waals surface area contributed by atoms with Crippen LogP contribution < -0.4 is 4.74 Å². The molecule has 0 bridgehead atoms. The molecule has 0 N–H and O–H groups in total. The monoisotopic (exact) mass is 333 g/mol. The van der Waals surface area contributed by atoms with Gasteiger partial charge in [-0.2, -0.15) is 0 Å². The van der Waals surface area contributed by atoms with Gasteiger partial charge in [0.2, 0.25) is 0 Å². The highest BCUT2D eigenvalue weighted by atomic mass is 16.5. The number of carbonyl (C=O) groups excluding carboxylic acids is 1. The first-order chi connectivity index (χ1) is 12.2. The Morgan fingerprint density at radius 2 is 1.88 bits per heavy atom. The van der Waals surface area contributed by atoms with E-state index in [0.717, 1.165) is 29.7 Å². The summed E-state index contributed by atoms with van der Waals surface area (Å²) in [5, 5.41) is 0. The second-order valence-corrected chi connectivity index (χ2v) is 6.25. The molecule has 0 aliphatic carbocycles. The molecule has 1 aromatic heterocycles. The average Bonchev–Trinajstić information content (AvgIpc) is 3.17. The van der Waals surface area contributed by atoms with E-state index >= 15 is 0 Å². The molecule has 2 heterocycles. The average molecular weight is 333 g/mol. The SMILES string of the molecule is COc1ccc(C2CCN(C(=O)c3cnc4ccccc4n3)C2)cc1. The Hall–Kier alpha value is -2.95. The molecular formula is C20H19N3O2. The summed E-state index contributed by atoms with van der Waals surface area (Å²) in [6.07, 6.45) is 2.53. The van der Waals surface area contributed by atoms with Crippen LogP contribution in [0.15, 0.2) is 54.7 Å². The molecule has 1 amide bonds. The maximum absolute atomic E-state index is 12.8. The van der Waals surface area contributed by atoms with Crippen molar-refractivity contribution >= 4 is 16.9 Å². The molecule has 1 aliphatic rings. The van der Waals surface area contributed by atoms with Gasteiger partial charge in [0.15, 0.2) is 0 Å². The van der Waals surface area contributed by atoms with Gasteiger partial charge in [0.1, 0.15) is 11.4 Å². The van der Waals surface area contributed by atoms with Crippen molar-refractivity contribution in [1.29, 1.82) is 0 Å². The van der Waals surface area contributed by atoms with Gasteiger partial charge in [-0.1, -0.05) is 24.3 Å². The summed E-state index contributed by atoms with van der Waals surface area (Å²) in [6.45, 7) is 1.45. The molecule has 1 atom stereocenters. The van der Waals surface area contributed by atoms with Gasteiger partial charge in [-0.3, -0.25) is 9.78 Å². The Morgan fingerprint density at radius 3 is 2.64 bits per heavy atom. The number of nitrogens with zero attached hydrogens (tertiary/aromatic N) is 3. The molecule has 1 unspecified atom stereocenters. The first-order valence-corrected chi connectivity index (χ1v) is 8.39. The number of likely N-dealkylation sites (tertiary alicyclic amines) is 1. The zero-order valence-electron chi connectivity index (χ0n) is 14.1. The highest BCUT2D eigenvalue weighted by molar-refractivity contribution is 5.94. The summed E-state index contributed by atoms with van der Waals surface area (Å²) in [5.74, 6) is 1.15. The standard InChI is InChI=1S/C20H19N3O2/c1-25-16-8-6-14(7-9-16)15-10-11-23(13-15)20(24)19-12-21-17-4-2-3-5-18(17)22-19/h2-9,12,15H,10-11,13H2,1H3. The molecule has 0 radical (unpaired) electrons. The molecule has 1 fully saturated rings. The Morgan fingerprint density at radius 1 is 1.12 bits per heavy atom. The van der Waals surface area contributed by atoms with E-state index in [1.807, 2.05) is 41.3 Å². The van der Waals surface area contributed by atoms with Crippen molar-refractivity contribution in [3.63, 3.8) is 0 Å². The largest absolute Gasteiger partial charge is 0.497 e. The molecule has 25 heavy (non-hydrogen) atoms. The number of para-hydroxylation sites is 2. The van der Waals surface area contributed by atoms with Gasteiger partial charge in [0.05, 0.1) is 24.3 Å². The van der Waals surface area contributed by atoms with Crippen LogP contribution in [0.2, 0.25) is 0 Å². The van der Waals surface area contributed by atoms with E-state index < -0.39 is 0 Å². The van der Waals surface area contributed by atoms with E-state index in [0.29, 0.717) is 18.2 Å². The molecule has 3 aromatic rings. The van der Waals surface area contributed by atoms with Gasteiger partial charge in [-0.05, 0) is 36.2 Å². The molecule has 0 saturated carbocycles. The van der Waals surface area contributed by atoms with E-state index in [-0.39, 0.29) is 5.91 Å². The van der Waals surface area contributed by atoms with Crippen LogP contribution in [0, 0.1) is 0 Å². The van der Waals surface area contributed by atoms with Gasteiger partial charge in [0, 0.05) is 19.0 Å². The topological polar surface area (TPSA) is 55.3 Å². The van der Waals surface area contributed by atoms with Crippen LogP contribution in [0.4, 0.5) is 0 Å². The fourth-order valence-electron chi connectivity index (χ4n) is 3.32. The number of methoxy groups -OCH3 is 1. The Labute approximate surface area is 146 Å². The Balaban J connectivity index is 1.50. The third-order valence-electron chi connectivity index (χ3n) is 4.73. The van der Waals surface area contributed by atoms with E-state index in [1.54, 1.807) is 13.3 Å². The third kappa shape index (κ3) is 3.05. The number of aromatic nitrogens is 2. The van der Waals surface area contributed by atoms with Crippen LogP contribution in [-0.2, 0) is 0 Å². The minimum Gasteiger partial charge on any atom is -0.497 e. The molecule has 126 valence electrons. The number of amides is 1. The van der Waals surface area contributed by atoms with Crippen LogP contribution in [-0.4, -0.2) is 41.0 Å². The lowest BCUT2D eigenvalue weighted by molar-refractivity contribution is 0.0785. The van der Waals surface area contributed by atoms with E-state index in [2.05, 4.69) is 22.1 Å². The first kappa shape index (κ1) is 15.6. The summed E-state index contributed by atoms with van der Waals surface area (Å²) in [7, 11) is 1.66. The lowest BCUT2D eigenvalue weighted by Gasteiger charge is -2.16. The summed E-state index contributed by atoms with van der Waals surface area (Å²) >= 11 is 0. The highest BCUT2D eigenvalue weighted by Gasteiger charge is 2.28. The van der Waals surface area contributed by atoms with Gasteiger partial charge in [-0.25, -0.2) is 4.98 Å². The van der Waals surface area contributed by atoms with Crippen molar-refractivity contribution in [3.05, 3.63) is 66.0 Å². The van der Waals surface area contributed by atoms with Crippen LogP contribution in [0.1, 0.15) is 28.4 Å². The number of carbonyl (C=O) groups is 1. The number of hydrogen-bond acceptors (Lipinski definition) is 4. The Kier molecular flexibility index (Phi) is 4.06. The van der Waals surface area contributed by atoms with Crippen molar-refractivity contribution < 1.29 is 9.53 Å². The van der Waals surface area contributed by atoms with Crippen LogP contribution in [0.25, 0.3) is 11.0 Å². The summed E-state index contributed by atoms with van der Waals surface area (Å²) in [5.41, 5.74) is 3.20. The maximum Gasteiger partial charge on any atom is 0.274 e. The fraction of sp³-hybridized carbons (Fsp3) is 0.250. The summed E-state index contributed by atoms with van der Waals surface area (Å²) in [6, 6.07) is 15.7. The van der Waals surface area contributed by atoms with Crippen molar-refractivity contribution in [2.75, 3.05) is 20.2 Å². The lowest BCUT2D eigenvalue weighted by Crippen LogP contribution is -2.29. The third-order valence-corrected chi connectivity index (χ3v) is 4.73. The van der Waals surface area contributed by atoms with Gasteiger partial charge >= 0.3 is 0 Å². The van der Waals surface area contributed by atoms with Crippen molar-refractivity contribution in [1.82, 2.24) is 14.9 Å². The quantitative estimate of drug-likeness (QED) is 0.738. The molecule has 5 nitrogen and oxygen atoms in total. The molecule has 0 spiro atoms. The van der Waals surface area contributed by atoms with Crippen LogP contribution >= 0.6 is 0 Å². The second-order valence-electron chi connectivity index (χ2n) is 6.25. The minimum atomic E-state index is -0.0470. The molecule has 5 heteroatoms. The van der Waals surface area contributed by atoms with Crippen LogP contribution in [0.3, 0.4) is 0 Å². The van der Waals surface area contributed by atoms with Crippen molar-refractivity contribution in [2.24, 2.45) is 0 Å². The van der Waals surface area contributed by atoms with E-state index in [1.165, 1.54) is 5.56 Å². The van der Waals surface area contributed by atoms with E-state index in [9.17, 15) is 4.79 Å². The lowest BCUT2D eigenvalue weighted by atomic mass is 9.98. The zero-order valence-corrected chi connectivity index (χ0v) is 14.1. The summed E-state index contributed by atoms with van der Waals surface area (Å²) in [4.78, 5) is 23.5. The number of ether oxygens (including phenoxy) is 1. The fourth-order valence-corrected chi connectivity index (χ4v) is 3.32. The van der Waals surface area contributed by atoms with Crippen molar-refractivity contribution in [2.45, 2.75) is 12.3 Å². The summed E-state index contributed by atoms with van der Waals surface area (Å²) < 4.78 is 5.20. The number of rotatable bonds is 3. The molecule has 4 rings (SSSR count).